The van der Waals surface area contributed by atoms with Crippen LogP contribution in [0.2, 0.25) is 0 Å². The first kappa shape index (κ1) is 19.3. The fourth-order valence-corrected chi connectivity index (χ4v) is 3.77. The van der Waals surface area contributed by atoms with Crippen LogP contribution in [0.15, 0.2) is 42.5 Å². The zero-order valence-electron chi connectivity index (χ0n) is 16.8. The summed E-state index contributed by atoms with van der Waals surface area (Å²) in [6, 6.07) is 13.1. The summed E-state index contributed by atoms with van der Waals surface area (Å²) in [6.07, 6.45) is 1.89. The summed E-state index contributed by atoms with van der Waals surface area (Å²) in [4.78, 5) is 26.9. The van der Waals surface area contributed by atoms with Crippen LogP contribution in [-0.4, -0.2) is 36.5 Å². The molecule has 6 heteroatoms. The second-order valence-electron chi connectivity index (χ2n) is 7.78. The molecule has 1 unspecified atom stereocenters. The molecule has 0 bridgehead atoms. The summed E-state index contributed by atoms with van der Waals surface area (Å²) in [5.74, 6) is 1.38. The number of carbonyl (C=O) groups is 2. The molecule has 0 radical (unpaired) electrons. The van der Waals surface area contributed by atoms with Crippen LogP contribution in [0.4, 0.5) is 5.69 Å². The summed E-state index contributed by atoms with van der Waals surface area (Å²) in [7, 11) is 0. The summed E-state index contributed by atoms with van der Waals surface area (Å²) < 4.78 is 11.3. The van der Waals surface area contributed by atoms with Gasteiger partial charge >= 0.3 is 0 Å². The van der Waals surface area contributed by atoms with Gasteiger partial charge in [0.25, 0.3) is 5.91 Å². The second-order valence-corrected chi connectivity index (χ2v) is 7.78. The number of rotatable bonds is 4. The third kappa shape index (κ3) is 4.06. The van der Waals surface area contributed by atoms with E-state index in [1.54, 1.807) is 24.3 Å². The molecule has 29 heavy (non-hydrogen) atoms. The summed E-state index contributed by atoms with van der Waals surface area (Å²) in [6.45, 7) is 5.53. The fraction of sp³-hybridized carbons (Fsp3) is 0.391. The Balaban J connectivity index is 1.50. The quantitative estimate of drug-likeness (QED) is 0.850. The van der Waals surface area contributed by atoms with Crippen LogP contribution >= 0.6 is 0 Å². The lowest BCUT2D eigenvalue weighted by Crippen LogP contribution is -2.30. The number of ether oxygens (including phenoxy) is 2. The van der Waals surface area contributed by atoms with E-state index in [9.17, 15) is 9.59 Å². The Labute approximate surface area is 170 Å². The topological polar surface area (TPSA) is 67.9 Å². The molecule has 2 aromatic carbocycles. The lowest BCUT2D eigenvalue weighted by atomic mass is 10.0. The summed E-state index contributed by atoms with van der Waals surface area (Å²) in [5, 5.41) is 2.85. The Hall–Kier alpha value is -3.02. The molecule has 0 aliphatic carbocycles. The Bertz CT molecular complexity index is 908. The molecule has 2 aliphatic heterocycles. The average molecular weight is 394 g/mol. The normalized spacial score (nSPS) is 18.0. The van der Waals surface area contributed by atoms with Crippen LogP contribution in [-0.2, 0) is 4.79 Å². The van der Waals surface area contributed by atoms with Gasteiger partial charge in [0.15, 0.2) is 11.5 Å². The number of hydrogen-bond donors (Lipinski definition) is 1. The van der Waals surface area contributed by atoms with Crippen molar-refractivity contribution in [1.82, 2.24) is 4.90 Å². The maximum Gasteiger partial charge on any atom is 0.254 e. The van der Waals surface area contributed by atoms with E-state index in [0.717, 1.165) is 36.4 Å². The zero-order valence-corrected chi connectivity index (χ0v) is 16.8. The van der Waals surface area contributed by atoms with Gasteiger partial charge in [-0.05, 0) is 54.8 Å². The van der Waals surface area contributed by atoms with E-state index in [1.165, 1.54) is 0 Å². The number of nitrogens with zero attached hydrogens (tertiary/aromatic N) is 1. The molecule has 2 aliphatic rings. The van der Waals surface area contributed by atoms with E-state index in [2.05, 4.69) is 5.32 Å². The lowest BCUT2D eigenvalue weighted by Gasteiger charge is -2.27. The van der Waals surface area contributed by atoms with Gasteiger partial charge in [-0.25, -0.2) is 0 Å². The predicted octanol–water partition coefficient (Wildman–Crippen LogP) is 4.03. The lowest BCUT2D eigenvalue weighted by molar-refractivity contribution is -0.118. The van der Waals surface area contributed by atoms with Gasteiger partial charge in [0.05, 0.1) is 6.04 Å². The summed E-state index contributed by atoms with van der Waals surface area (Å²) >= 11 is 0. The highest BCUT2D eigenvalue weighted by molar-refractivity contribution is 5.96. The van der Waals surface area contributed by atoms with Gasteiger partial charge in [-0.1, -0.05) is 19.9 Å². The minimum absolute atomic E-state index is 0.00382. The fourth-order valence-electron chi connectivity index (χ4n) is 3.77. The van der Waals surface area contributed by atoms with Gasteiger partial charge in [-0.15, -0.1) is 0 Å². The molecule has 4 rings (SSSR count). The van der Waals surface area contributed by atoms with Crippen LogP contribution < -0.4 is 14.8 Å². The van der Waals surface area contributed by atoms with Gasteiger partial charge in [0, 0.05) is 23.7 Å². The molecule has 0 aromatic heterocycles. The first-order valence-electron chi connectivity index (χ1n) is 10.1. The maximum atomic E-state index is 13.1. The highest BCUT2D eigenvalue weighted by atomic mass is 16.6. The van der Waals surface area contributed by atoms with Crippen molar-refractivity contribution >= 4 is 17.5 Å². The minimum Gasteiger partial charge on any atom is -0.486 e. The number of anilines is 1. The van der Waals surface area contributed by atoms with E-state index in [4.69, 9.17) is 9.47 Å². The zero-order chi connectivity index (χ0) is 20.4. The molecule has 1 atom stereocenters. The van der Waals surface area contributed by atoms with E-state index >= 15 is 0 Å². The highest BCUT2D eigenvalue weighted by Gasteiger charge is 2.31. The minimum atomic E-state index is -0.0901. The SMILES string of the molecule is CC(C)C(=O)Nc1ccc(C(=O)N2CCCC2c2ccc3c(c2)OCCO3)cc1. The molecule has 2 amide bonds. The molecule has 0 saturated carbocycles. The molecule has 2 aromatic rings. The Morgan fingerprint density at radius 1 is 1.03 bits per heavy atom. The van der Waals surface area contributed by atoms with Crippen molar-refractivity contribution < 1.29 is 19.1 Å². The number of carbonyl (C=O) groups excluding carboxylic acids is 2. The molecule has 152 valence electrons. The monoisotopic (exact) mass is 394 g/mol. The van der Waals surface area contributed by atoms with Crippen LogP contribution in [0, 0.1) is 5.92 Å². The highest BCUT2D eigenvalue weighted by Crippen LogP contribution is 2.38. The molecule has 6 nitrogen and oxygen atoms in total. The maximum absolute atomic E-state index is 13.1. The first-order valence-corrected chi connectivity index (χ1v) is 10.1. The molecule has 1 saturated heterocycles. The molecule has 1 fully saturated rings. The van der Waals surface area contributed by atoms with Gasteiger partial charge in [-0.3, -0.25) is 9.59 Å². The van der Waals surface area contributed by atoms with Crippen LogP contribution in [0.5, 0.6) is 11.5 Å². The molecular weight excluding hydrogens is 368 g/mol. The second kappa shape index (κ2) is 8.15. The predicted molar refractivity (Wildman–Crippen MR) is 110 cm³/mol. The largest absolute Gasteiger partial charge is 0.486 e. The van der Waals surface area contributed by atoms with E-state index in [1.807, 2.05) is 36.9 Å². The molecular formula is C23H26N2O4. The summed E-state index contributed by atoms with van der Waals surface area (Å²) in [5.41, 5.74) is 2.39. The number of hydrogen-bond acceptors (Lipinski definition) is 4. The Morgan fingerprint density at radius 3 is 2.48 bits per heavy atom. The third-order valence-electron chi connectivity index (χ3n) is 5.39. The van der Waals surface area contributed by atoms with Crippen molar-refractivity contribution in [3.63, 3.8) is 0 Å². The van der Waals surface area contributed by atoms with E-state index in [-0.39, 0.29) is 23.8 Å². The number of likely N-dealkylation sites (tertiary alicyclic amines) is 1. The van der Waals surface area contributed by atoms with Gasteiger partial charge < -0.3 is 19.7 Å². The number of benzene rings is 2. The standard InChI is InChI=1S/C23H26N2O4/c1-15(2)22(26)24-18-8-5-16(6-9-18)23(27)25-11-3-4-19(25)17-7-10-20-21(14-17)29-13-12-28-20/h5-10,14-15,19H,3-4,11-13H2,1-2H3,(H,24,26). The van der Waals surface area contributed by atoms with Gasteiger partial charge in [-0.2, -0.15) is 0 Å². The van der Waals surface area contributed by atoms with Crippen LogP contribution in [0.3, 0.4) is 0 Å². The van der Waals surface area contributed by atoms with E-state index < -0.39 is 0 Å². The third-order valence-corrected chi connectivity index (χ3v) is 5.39. The van der Waals surface area contributed by atoms with Gasteiger partial charge in [0.1, 0.15) is 13.2 Å². The van der Waals surface area contributed by atoms with Gasteiger partial charge in [0.2, 0.25) is 5.91 Å². The molecule has 2 heterocycles. The molecule has 0 spiro atoms. The van der Waals surface area contributed by atoms with Crippen molar-refractivity contribution in [2.24, 2.45) is 5.92 Å². The Kier molecular flexibility index (Phi) is 5.43. The van der Waals surface area contributed by atoms with Crippen LogP contribution in [0.1, 0.15) is 48.7 Å². The number of nitrogens with one attached hydrogen (secondary N) is 1. The molecule has 1 N–H and O–H groups in total. The van der Waals surface area contributed by atoms with Crippen LogP contribution in [0.25, 0.3) is 0 Å². The van der Waals surface area contributed by atoms with Crippen molar-refractivity contribution in [2.75, 3.05) is 25.1 Å². The van der Waals surface area contributed by atoms with E-state index in [0.29, 0.717) is 24.5 Å². The smallest absolute Gasteiger partial charge is 0.254 e. The number of fused-ring (bicyclic) bond motifs is 1. The first-order chi connectivity index (χ1) is 14.0. The van der Waals surface area contributed by atoms with Crippen molar-refractivity contribution in [2.45, 2.75) is 32.7 Å². The van der Waals surface area contributed by atoms with Crippen molar-refractivity contribution in [1.29, 1.82) is 0 Å². The number of amides is 2. The average Bonchev–Trinajstić information content (AvgIpc) is 3.23. The Morgan fingerprint density at radius 2 is 1.76 bits per heavy atom. The van der Waals surface area contributed by atoms with Crippen molar-refractivity contribution in [3.8, 4) is 11.5 Å². The van der Waals surface area contributed by atoms with Crippen molar-refractivity contribution in [3.05, 3.63) is 53.6 Å².